The van der Waals surface area contributed by atoms with Gasteiger partial charge in [-0.05, 0) is 112 Å². The van der Waals surface area contributed by atoms with Crippen molar-refractivity contribution in [1.82, 2.24) is 20.2 Å². The second-order valence-corrected chi connectivity index (χ2v) is 17.3. The molecule has 3 aliphatic carbocycles. The van der Waals surface area contributed by atoms with E-state index in [0.717, 1.165) is 81.4 Å². The molecule has 4 aliphatic rings. The molecule has 0 spiro atoms. The monoisotopic (exact) mass is 706 g/mol. The van der Waals surface area contributed by atoms with Gasteiger partial charge in [-0.1, -0.05) is 74.6 Å². The van der Waals surface area contributed by atoms with Gasteiger partial charge in [0.05, 0.1) is 22.5 Å². The van der Waals surface area contributed by atoms with Crippen molar-refractivity contribution in [2.45, 2.75) is 117 Å². The summed E-state index contributed by atoms with van der Waals surface area (Å²) < 4.78 is 7.49. The van der Waals surface area contributed by atoms with Crippen LogP contribution in [0.15, 0.2) is 42.5 Å². The van der Waals surface area contributed by atoms with Crippen LogP contribution in [0.2, 0.25) is 0 Å². The molecule has 1 N–H and O–H groups in total. The van der Waals surface area contributed by atoms with Crippen LogP contribution in [0, 0.1) is 26.2 Å². The molecule has 0 unspecified atom stereocenters. The lowest BCUT2D eigenvalue weighted by Crippen LogP contribution is -2.64. The van der Waals surface area contributed by atoms with Crippen molar-refractivity contribution in [1.29, 1.82) is 0 Å². The molecule has 3 saturated carbocycles. The highest BCUT2D eigenvalue weighted by Gasteiger charge is 2.67. The first-order valence-electron chi connectivity index (χ1n) is 18.8. The fourth-order valence-electron chi connectivity index (χ4n) is 8.90. The number of anilines is 4. The van der Waals surface area contributed by atoms with Crippen molar-refractivity contribution in [3.8, 4) is 5.75 Å². The van der Waals surface area contributed by atoms with Crippen LogP contribution >= 0.6 is 22.7 Å². The van der Waals surface area contributed by atoms with E-state index in [2.05, 4.69) is 67.3 Å². The van der Waals surface area contributed by atoms with Crippen molar-refractivity contribution in [2.24, 2.45) is 5.41 Å². The van der Waals surface area contributed by atoms with E-state index in [-0.39, 0.29) is 0 Å². The number of fused-ring (bicyclic) bond motifs is 2. The Balaban J connectivity index is 0.847. The van der Waals surface area contributed by atoms with Gasteiger partial charge in [0.15, 0.2) is 21.9 Å². The van der Waals surface area contributed by atoms with Crippen LogP contribution in [-0.4, -0.2) is 33.3 Å². The molecule has 9 heteroatoms. The summed E-state index contributed by atoms with van der Waals surface area (Å²) >= 11 is 3.43. The zero-order chi connectivity index (χ0) is 34.3. The standard InChI is InChI=1S/C41H50N6OS2/c1-5-6-7-8-11-20-40-24-41(25-40,26-40)30-18-19-33(27(2)23-30)48-22-13-17-34-29(4)42-39(50-34)47-21-12-14-31-28(3)36(45-46-37(31)47)44-38-43-32-15-9-10-16-35(32)49-38/h9-10,15-16,18-19,23H,5-8,11-14,17,20-22,24-26H2,1-4H3,(H,43,44,45). The van der Waals surface area contributed by atoms with Crippen molar-refractivity contribution in [3.63, 3.8) is 0 Å². The Morgan fingerprint density at radius 1 is 0.920 bits per heavy atom. The molecule has 2 bridgehead atoms. The normalized spacial score (nSPS) is 20.8. The largest absolute Gasteiger partial charge is 0.493 e. The maximum atomic E-state index is 6.34. The lowest BCUT2D eigenvalue weighted by molar-refractivity contribution is -0.147. The first kappa shape index (κ1) is 33.6. The van der Waals surface area contributed by atoms with Gasteiger partial charge in [-0.15, -0.1) is 21.5 Å². The molecule has 0 radical (unpaired) electrons. The second kappa shape index (κ2) is 13.9. The van der Waals surface area contributed by atoms with E-state index in [4.69, 9.17) is 19.8 Å². The number of thiazole rings is 2. The van der Waals surface area contributed by atoms with Gasteiger partial charge in [0.2, 0.25) is 0 Å². The van der Waals surface area contributed by atoms with E-state index >= 15 is 0 Å². The van der Waals surface area contributed by atoms with Gasteiger partial charge in [-0.3, -0.25) is 0 Å². The molecule has 3 aromatic heterocycles. The number of aromatic nitrogens is 4. The van der Waals surface area contributed by atoms with E-state index < -0.39 is 0 Å². The Bertz CT molecular complexity index is 1950. The number of para-hydroxylation sites is 1. The Morgan fingerprint density at radius 3 is 2.58 bits per heavy atom. The van der Waals surface area contributed by atoms with E-state index in [1.807, 2.05) is 18.2 Å². The second-order valence-electron chi connectivity index (χ2n) is 15.3. The molecule has 3 fully saturated rings. The summed E-state index contributed by atoms with van der Waals surface area (Å²) in [6.45, 7) is 10.4. The van der Waals surface area contributed by atoms with E-state index in [0.29, 0.717) is 17.4 Å². The van der Waals surface area contributed by atoms with Crippen molar-refractivity contribution >= 4 is 54.8 Å². The molecular weight excluding hydrogens is 657 g/mol. The first-order valence-corrected chi connectivity index (χ1v) is 20.5. The average molecular weight is 707 g/mol. The van der Waals surface area contributed by atoms with E-state index in [1.165, 1.54) is 73.8 Å². The van der Waals surface area contributed by atoms with Crippen LogP contribution in [0.4, 0.5) is 21.9 Å². The van der Waals surface area contributed by atoms with Crippen molar-refractivity contribution < 1.29 is 4.74 Å². The number of ether oxygens (including phenoxy) is 1. The number of aryl methyl sites for hydroxylation is 3. The fourth-order valence-corrected chi connectivity index (χ4v) is 10.9. The fraction of sp³-hybridized carbons (Fsp3) is 0.512. The van der Waals surface area contributed by atoms with Crippen molar-refractivity contribution in [3.05, 3.63) is 75.3 Å². The minimum absolute atomic E-state index is 0.462. The minimum atomic E-state index is 0.462. The third kappa shape index (κ3) is 6.40. The number of hydrogen-bond donors (Lipinski definition) is 1. The highest BCUT2D eigenvalue weighted by Crippen LogP contribution is 2.75. The summed E-state index contributed by atoms with van der Waals surface area (Å²) in [7, 11) is 0. The Morgan fingerprint density at radius 2 is 1.76 bits per heavy atom. The maximum absolute atomic E-state index is 6.34. The van der Waals surface area contributed by atoms with Gasteiger partial charge in [-0.2, -0.15) is 0 Å². The van der Waals surface area contributed by atoms with Crippen LogP contribution in [0.1, 0.15) is 110 Å². The zero-order valence-electron chi connectivity index (χ0n) is 30.1. The molecule has 0 saturated heterocycles. The van der Waals surface area contributed by atoms with E-state index in [1.54, 1.807) is 28.2 Å². The zero-order valence-corrected chi connectivity index (χ0v) is 31.7. The number of rotatable bonds is 15. The molecule has 0 amide bonds. The number of benzene rings is 2. The molecule has 2 aromatic carbocycles. The maximum Gasteiger partial charge on any atom is 0.191 e. The third-order valence-electron chi connectivity index (χ3n) is 11.6. The molecule has 7 nitrogen and oxygen atoms in total. The summed E-state index contributed by atoms with van der Waals surface area (Å²) in [5, 5.41) is 14.7. The van der Waals surface area contributed by atoms with Crippen LogP contribution in [-0.2, 0) is 18.3 Å². The quantitative estimate of drug-likeness (QED) is 0.109. The molecule has 0 atom stereocenters. The molecule has 5 aromatic rings. The van der Waals surface area contributed by atoms with Crippen molar-refractivity contribution in [2.75, 3.05) is 23.4 Å². The molecule has 1 aliphatic heterocycles. The van der Waals surface area contributed by atoms with Gasteiger partial charge < -0.3 is 15.0 Å². The minimum Gasteiger partial charge on any atom is -0.493 e. The summed E-state index contributed by atoms with van der Waals surface area (Å²) in [5.41, 5.74) is 8.43. The Hall–Kier alpha value is -3.56. The molecular formula is C41H50N6OS2. The smallest absolute Gasteiger partial charge is 0.191 e. The van der Waals surface area contributed by atoms with Gasteiger partial charge in [0.1, 0.15) is 5.75 Å². The lowest BCUT2D eigenvalue weighted by Gasteiger charge is -2.72. The molecule has 262 valence electrons. The van der Waals surface area contributed by atoms with Crippen LogP contribution in [0.25, 0.3) is 10.2 Å². The molecule has 4 heterocycles. The summed E-state index contributed by atoms with van der Waals surface area (Å²) in [4.78, 5) is 13.3. The molecule has 50 heavy (non-hydrogen) atoms. The molecule has 9 rings (SSSR count). The van der Waals surface area contributed by atoms with Crippen LogP contribution < -0.4 is 15.0 Å². The third-order valence-corrected chi connectivity index (χ3v) is 13.8. The highest BCUT2D eigenvalue weighted by molar-refractivity contribution is 7.22. The number of nitrogens with one attached hydrogen (secondary N) is 1. The van der Waals surface area contributed by atoms with E-state index in [9.17, 15) is 0 Å². The summed E-state index contributed by atoms with van der Waals surface area (Å²) in [6.07, 6.45) is 16.6. The summed E-state index contributed by atoms with van der Waals surface area (Å²) in [5.74, 6) is 2.74. The lowest BCUT2D eigenvalue weighted by atomic mass is 9.32. The predicted octanol–water partition coefficient (Wildman–Crippen LogP) is 11.1. The highest BCUT2D eigenvalue weighted by atomic mass is 32.1. The Labute approximate surface area is 304 Å². The number of hydrogen-bond acceptors (Lipinski definition) is 9. The predicted molar refractivity (Wildman–Crippen MR) is 208 cm³/mol. The summed E-state index contributed by atoms with van der Waals surface area (Å²) in [6, 6.07) is 15.2. The van der Waals surface area contributed by atoms with Gasteiger partial charge in [0, 0.05) is 22.5 Å². The number of nitrogens with zero attached hydrogens (tertiary/aromatic N) is 5. The average Bonchev–Trinajstić information content (AvgIpc) is 3.67. The SMILES string of the molecule is CCCCCCCC12CC(c3ccc(OCCCc4sc(N5CCCc6c5nnc(Nc5nc7ccccc7s5)c6C)nc4C)c(C)c3)(C1)C2. The van der Waals surface area contributed by atoms with Gasteiger partial charge in [-0.25, -0.2) is 9.97 Å². The van der Waals surface area contributed by atoms with Crippen LogP contribution in [0.3, 0.4) is 0 Å². The van der Waals surface area contributed by atoms with Crippen LogP contribution in [0.5, 0.6) is 5.75 Å². The van der Waals surface area contributed by atoms with Gasteiger partial charge >= 0.3 is 0 Å². The topological polar surface area (TPSA) is 76.1 Å². The number of unbranched alkanes of at least 4 members (excludes halogenated alkanes) is 4. The Kier molecular flexibility index (Phi) is 9.31. The first-order chi connectivity index (χ1) is 24.4. The van der Waals surface area contributed by atoms with Gasteiger partial charge in [0.25, 0.3) is 0 Å².